The molecule has 2 N–H and O–H groups in total. The minimum atomic E-state index is -1.02. The quantitative estimate of drug-likeness (QED) is 0.462. The molecule has 0 saturated heterocycles. The van der Waals surface area contributed by atoms with Gasteiger partial charge >= 0.3 is 12.0 Å². The van der Waals surface area contributed by atoms with Crippen molar-refractivity contribution in [1.29, 1.82) is 0 Å². The summed E-state index contributed by atoms with van der Waals surface area (Å²) in [5.74, 6) is -1.02. The summed E-state index contributed by atoms with van der Waals surface area (Å²) in [6.45, 7) is 6.86. The maximum Gasteiger partial charge on any atom is 0.329 e. The first-order valence-electron chi connectivity index (χ1n) is 5.55. The predicted octanol–water partition coefficient (Wildman–Crippen LogP) is 0.695. The molecule has 17 heavy (non-hydrogen) atoms. The van der Waals surface area contributed by atoms with Gasteiger partial charge in [0, 0.05) is 19.6 Å². The normalized spacial score (nSPS) is 9.71. The van der Waals surface area contributed by atoms with E-state index in [2.05, 4.69) is 11.9 Å². The minimum Gasteiger partial charge on any atom is -0.480 e. The second kappa shape index (κ2) is 9.65. The number of amides is 2. The summed E-state index contributed by atoms with van der Waals surface area (Å²) in [6, 6.07) is -0.189. The Morgan fingerprint density at radius 1 is 1.53 bits per heavy atom. The zero-order chi connectivity index (χ0) is 13.1. The van der Waals surface area contributed by atoms with Crippen LogP contribution in [0.3, 0.4) is 0 Å². The van der Waals surface area contributed by atoms with Crippen molar-refractivity contribution in [1.82, 2.24) is 10.2 Å². The Morgan fingerprint density at radius 2 is 2.24 bits per heavy atom. The summed E-state index contributed by atoms with van der Waals surface area (Å²) in [4.78, 5) is 23.4. The number of aliphatic carboxylic acids is 1. The van der Waals surface area contributed by atoms with Crippen LogP contribution in [-0.2, 0) is 9.53 Å². The summed E-state index contributed by atoms with van der Waals surface area (Å²) < 4.78 is 4.79. The number of carboxylic acid groups (broad SMARTS) is 1. The third kappa shape index (κ3) is 8.27. The molecule has 0 saturated carbocycles. The third-order valence-electron chi connectivity index (χ3n) is 1.88. The molecule has 0 aliphatic heterocycles. The average Bonchev–Trinajstić information content (AvgIpc) is 2.27. The lowest BCUT2D eigenvalue weighted by Gasteiger charge is -2.20. The number of hydrogen-bond acceptors (Lipinski definition) is 3. The molecule has 0 aromatic carbocycles. The van der Waals surface area contributed by atoms with Crippen LogP contribution in [0.1, 0.15) is 13.3 Å². The van der Waals surface area contributed by atoms with E-state index in [0.29, 0.717) is 19.6 Å². The van der Waals surface area contributed by atoms with E-state index in [-0.39, 0.29) is 19.2 Å². The molecule has 0 aromatic heterocycles. The second-order valence-electron chi connectivity index (χ2n) is 3.41. The Labute approximate surface area is 101 Å². The van der Waals surface area contributed by atoms with E-state index >= 15 is 0 Å². The largest absolute Gasteiger partial charge is 0.480 e. The van der Waals surface area contributed by atoms with E-state index < -0.39 is 5.97 Å². The van der Waals surface area contributed by atoms with Crippen molar-refractivity contribution in [2.45, 2.75) is 13.3 Å². The molecule has 0 aliphatic rings. The lowest BCUT2D eigenvalue weighted by atomic mass is 10.4. The highest BCUT2D eigenvalue weighted by Gasteiger charge is 2.09. The summed E-state index contributed by atoms with van der Waals surface area (Å²) >= 11 is 0. The number of carboxylic acids is 1. The number of rotatable bonds is 9. The van der Waals surface area contributed by atoms with Gasteiger partial charge < -0.3 is 20.1 Å². The molecule has 2 amide bonds. The summed E-state index contributed by atoms with van der Waals surface area (Å²) in [6.07, 6.45) is 2.53. The predicted molar refractivity (Wildman–Crippen MR) is 63.9 cm³/mol. The van der Waals surface area contributed by atoms with Gasteiger partial charge in [0.1, 0.15) is 6.61 Å². The first kappa shape index (κ1) is 15.4. The van der Waals surface area contributed by atoms with Crippen LogP contribution in [0.4, 0.5) is 4.79 Å². The summed E-state index contributed by atoms with van der Waals surface area (Å²) in [5, 5.41) is 11.0. The van der Waals surface area contributed by atoms with Gasteiger partial charge in [-0.15, -0.1) is 6.58 Å². The van der Waals surface area contributed by atoms with E-state index in [1.165, 1.54) is 0 Å². The van der Waals surface area contributed by atoms with Crippen molar-refractivity contribution in [2.24, 2.45) is 0 Å². The molecular weight excluding hydrogens is 224 g/mol. The summed E-state index contributed by atoms with van der Waals surface area (Å²) in [7, 11) is 0. The average molecular weight is 244 g/mol. The first-order valence-corrected chi connectivity index (χ1v) is 5.55. The molecule has 0 atom stereocenters. The molecule has 0 spiro atoms. The number of hydrogen-bond donors (Lipinski definition) is 2. The maximum atomic E-state index is 11.6. The van der Waals surface area contributed by atoms with Crippen LogP contribution in [0.2, 0.25) is 0 Å². The van der Waals surface area contributed by atoms with Crippen LogP contribution in [0, 0.1) is 0 Å². The maximum absolute atomic E-state index is 11.6. The fraction of sp³-hybridized carbons (Fsp3) is 0.636. The van der Waals surface area contributed by atoms with Gasteiger partial charge in [0.2, 0.25) is 0 Å². The van der Waals surface area contributed by atoms with Gasteiger partial charge in [-0.1, -0.05) is 13.0 Å². The van der Waals surface area contributed by atoms with E-state index in [0.717, 1.165) is 6.42 Å². The van der Waals surface area contributed by atoms with Crippen molar-refractivity contribution in [3.63, 3.8) is 0 Å². The molecular formula is C11H20N2O4. The fourth-order valence-electron chi connectivity index (χ4n) is 1.20. The number of urea groups is 1. The molecule has 6 heteroatoms. The van der Waals surface area contributed by atoms with Crippen molar-refractivity contribution in [3.8, 4) is 0 Å². The molecule has 0 radical (unpaired) electrons. The molecule has 0 fully saturated rings. The standard InChI is InChI=1S/C11H20N2O4/c1-3-6-13(7-4-2)11(16)12-5-8-17-9-10(14)15/h3H,1,4-9H2,2H3,(H,12,16)(H,14,15). The highest BCUT2D eigenvalue weighted by Crippen LogP contribution is 1.92. The Balaban J connectivity index is 3.73. The highest BCUT2D eigenvalue weighted by atomic mass is 16.5. The van der Waals surface area contributed by atoms with Gasteiger partial charge in [-0.2, -0.15) is 0 Å². The van der Waals surface area contributed by atoms with Gasteiger partial charge in [0.05, 0.1) is 6.61 Å². The van der Waals surface area contributed by atoms with E-state index in [1.807, 2.05) is 6.92 Å². The van der Waals surface area contributed by atoms with Gasteiger partial charge in [-0.05, 0) is 6.42 Å². The zero-order valence-electron chi connectivity index (χ0n) is 10.1. The molecule has 0 unspecified atom stereocenters. The van der Waals surface area contributed by atoms with Crippen molar-refractivity contribution in [2.75, 3.05) is 32.8 Å². The lowest BCUT2D eigenvalue weighted by molar-refractivity contribution is -0.142. The number of carbonyl (C=O) groups excluding carboxylic acids is 1. The summed E-state index contributed by atoms with van der Waals surface area (Å²) in [5.41, 5.74) is 0. The van der Waals surface area contributed by atoms with E-state index in [1.54, 1.807) is 11.0 Å². The van der Waals surface area contributed by atoms with E-state index in [9.17, 15) is 9.59 Å². The van der Waals surface area contributed by atoms with Gasteiger partial charge in [-0.3, -0.25) is 0 Å². The zero-order valence-corrected chi connectivity index (χ0v) is 10.1. The van der Waals surface area contributed by atoms with Crippen molar-refractivity contribution < 1.29 is 19.4 Å². The minimum absolute atomic E-state index is 0.187. The smallest absolute Gasteiger partial charge is 0.329 e. The molecule has 6 nitrogen and oxygen atoms in total. The van der Waals surface area contributed by atoms with Crippen LogP contribution in [-0.4, -0.2) is 54.9 Å². The number of ether oxygens (including phenoxy) is 1. The molecule has 0 aliphatic carbocycles. The number of nitrogens with one attached hydrogen (secondary N) is 1. The molecule has 0 bridgehead atoms. The van der Waals surface area contributed by atoms with Crippen LogP contribution in [0.25, 0.3) is 0 Å². The van der Waals surface area contributed by atoms with Gasteiger partial charge in [0.15, 0.2) is 0 Å². The van der Waals surface area contributed by atoms with Gasteiger partial charge in [-0.25, -0.2) is 9.59 Å². The van der Waals surface area contributed by atoms with Crippen LogP contribution in [0.15, 0.2) is 12.7 Å². The first-order chi connectivity index (χ1) is 8.11. The SMILES string of the molecule is C=CCN(CCC)C(=O)NCCOCC(=O)O. The van der Waals surface area contributed by atoms with Gasteiger partial charge in [0.25, 0.3) is 0 Å². The second-order valence-corrected chi connectivity index (χ2v) is 3.41. The van der Waals surface area contributed by atoms with Crippen LogP contribution in [0.5, 0.6) is 0 Å². The Kier molecular flexibility index (Phi) is 8.77. The number of carbonyl (C=O) groups is 2. The topological polar surface area (TPSA) is 78.9 Å². The monoisotopic (exact) mass is 244 g/mol. The third-order valence-corrected chi connectivity index (χ3v) is 1.88. The Morgan fingerprint density at radius 3 is 2.76 bits per heavy atom. The molecule has 98 valence electrons. The molecule has 0 heterocycles. The highest BCUT2D eigenvalue weighted by molar-refractivity contribution is 5.74. The Hall–Kier alpha value is -1.56. The lowest BCUT2D eigenvalue weighted by Crippen LogP contribution is -2.41. The van der Waals surface area contributed by atoms with Crippen LogP contribution < -0.4 is 5.32 Å². The molecule has 0 aromatic rings. The van der Waals surface area contributed by atoms with Crippen molar-refractivity contribution >= 4 is 12.0 Å². The van der Waals surface area contributed by atoms with Crippen molar-refractivity contribution in [3.05, 3.63) is 12.7 Å². The van der Waals surface area contributed by atoms with Crippen LogP contribution >= 0.6 is 0 Å². The fourth-order valence-corrected chi connectivity index (χ4v) is 1.20. The van der Waals surface area contributed by atoms with E-state index in [4.69, 9.17) is 9.84 Å². The number of nitrogens with zero attached hydrogens (tertiary/aromatic N) is 1. The molecule has 0 rings (SSSR count). The Bertz CT molecular complexity index is 256.